The first-order chi connectivity index (χ1) is 65.1. The molecule has 2 aromatic carbocycles. The lowest BCUT2D eigenvalue weighted by Gasteiger charge is -2.39. The van der Waals surface area contributed by atoms with E-state index in [0.717, 1.165) is 84.9 Å². The summed E-state index contributed by atoms with van der Waals surface area (Å²) in [5, 5.41) is 15.1. The second kappa shape index (κ2) is 50.7. The van der Waals surface area contributed by atoms with Crippen LogP contribution in [0, 0.1) is 0 Å². The Labute approximate surface area is 812 Å². The van der Waals surface area contributed by atoms with Crippen LogP contribution in [0.5, 0.6) is 11.5 Å². The molecule has 38 nitrogen and oxygen atoms in total. The van der Waals surface area contributed by atoms with Crippen LogP contribution in [-0.2, 0) is 136 Å². The van der Waals surface area contributed by atoms with Crippen LogP contribution in [0.4, 0.5) is 32.3 Å². The number of aliphatic imine (C=N–C) groups is 1. The van der Waals surface area contributed by atoms with Gasteiger partial charge in [-0.1, -0.05) is 77.7 Å². The van der Waals surface area contributed by atoms with Crippen LogP contribution in [-0.4, -0.2) is 285 Å². The predicted molar refractivity (Wildman–Crippen MR) is 506 cm³/mol. The fraction of sp³-hybridized carbons (Fsp3) is 0.606. The molecule has 6 fully saturated rings. The standard InChI is InChI=1S/C44H57N5O12.C40H46F3N5O10.C10H13NO5.5CH4/c1-4-31-32-24-30(60-42(53)48-17-12-29(13-18-48)47-15-8-7-9-16-47)10-11-36(32)46-39-33(31)26-49-37(39)25-35-34(40(49)51)27-59-41(52)44(35,5-2)61-43(54)58-23-22-56-19-14-45-38(50)28-57-21-20-55-6-3;1-3-26-27-20-25(57-37(52)47-15-10-24(11-16-47)46-13-6-5-7-14-46)8-9-31(27)45-33-28(26)22-48-32(33)21-30-29(34(48)49)23-56-36(51)39(30,4-2)58-38(53)55-19-18-54-17-12-44-35(50)40(41,42)43;1-6-7(4-15-6)16-5-10(14)11-8(12)2-3-9(11)13;;;;;/h10-11,24-25,29H,4-9,12-23,26-28H2,1-3H3,(H,45,50);8-9,20-21,24H,3-7,10-19,22-23H2,1-2H3,(H,44,50);6-7H,2-5H2,1H3;5*1H4/p-1/t44-;39-;;;;;;/m00....../s1. The zero-order chi connectivity index (χ0) is 95.8. The van der Waals surface area contributed by atoms with E-state index >= 15 is 0 Å². The van der Waals surface area contributed by atoms with Gasteiger partial charge in [0.05, 0.1) is 123 Å². The number of benzene rings is 2. The SMILES string of the molecule is C.C.C.C.C.CC1OCC1OCC(=O)N1C(=O)CCC1=O.CCOCCOCC(=O)NCCOCCOC(=O)O[C@]1(CC)C(=O)OCc2c1cc1n(c2=O)Cc2c-1nc1ccc(OC(=O)N3CCC(N4CCCCC4)CC3)cc1c2CC.CCc1c2c(nc3ccc(OC(=O)N4CCC(N5CCCCC5)CC4)cc13)-c1cc3c(c(=O)n1C2)COC(=O)[C@@]3(CC)OC(=O)OCCOCCN=C([O-])C(F)(F)F. The van der Waals surface area contributed by atoms with E-state index in [4.69, 9.17) is 76.3 Å². The van der Waals surface area contributed by atoms with Gasteiger partial charge in [0, 0.05) is 97.3 Å². The molecule has 4 atom stereocenters. The van der Waals surface area contributed by atoms with Gasteiger partial charge in [-0.2, -0.15) is 13.2 Å². The molecule has 10 aliphatic rings. The van der Waals surface area contributed by atoms with Crippen LogP contribution in [0.25, 0.3) is 44.6 Å². The molecule has 0 radical (unpaired) electrons. The van der Waals surface area contributed by atoms with E-state index in [9.17, 15) is 75.8 Å². The van der Waals surface area contributed by atoms with Crippen molar-refractivity contribution < 1.29 is 133 Å². The minimum atomic E-state index is -5.08. The molecule has 0 aliphatic carbocycles. The number of alkyl halides is 3. The Balaban J connectivity index is 0.000000261. The summed E-state index contributed by atoms with van der Waals surface area (Å²) in [6.45, 7) is 17.9. The average Bonchev–Trinajstić information content (AvgIpc) is 1.53. The number of halogens is 3. The Kier molecular flexibility index (Phi) is 40.6. The Hall–Kier alpha value is -11.6. The number of imide groups is 3. The molecular formula is C99H135F3N11O27-. The number of aryl methyl sites for hydroxylation is 2. The van der Waals surface area contributed by atoms with Crippen molar-refractivity contribution in [1.82, 2.24) is 48.9 Å². The molecule has 4 aromatic heterocycles. The molecule has 0 bridgehead atoms. The number of hydrogen-bond acceptors (Lipinski definition) is 32. The van der Waals surface area contributed by atoms with Crippen molar-refractivity contribution >= 4 is 87.8 Å². The van der Waals surface area contributed by atoms with Gasteiger partial charge in [0.15, 0.2) is 0 Å². The summed E-state index contributed by atoms with van der Waals surface area (Å²) in [7, 11) is 0. The molecule has 6 saturated heterocycles. The van der Waals surface area contributed by atoms with Crippen LogP contribution in [0.1, 0.15) is 213 Å². The number of amides is 6. The van der Waals surface area contributed by atoms with E-state index in [-0.39, 0.29) is 194 Å². The molecule has 2 unspecified atom stereocenters. The number of nitrogens with one attached hydrogen (secondary N) is 1. The molecule has 10 aliphatic heterocycles. The first-order valence-electron chi connectivity index (χ1n) is 46.5. The molecule has 16 rings (SSSR count). The van der Waals surface area contributed by atoms with Crippen molar-refractivity contribution in [3.8, 4) is 34.3 Å². The van der Waals surface area contributed by atoms with Crippen molar-refractivity contribution in [2.45, 2.75) is 249 Å². The fourth-order valence-corrected chi connectivity index (χ4v) is 18.9. The highest BCUT2D eigenvalue weighted by Crippen LogP contribution is 2.46. The number of carbonyl (C=O) groups is 10. The van der Waals surface area contributed by atoms with E-state index in [1.165, 1.54) is 38.5 Å². The molecule has 14 heterocycles. The highest BCUT2D eigenvalue weighted by molar-refractivity contribution is 6.15. The summed E-state index contributed by atoms with van der Waals surface area (Å²) < 4.78 is 116. The van der Waals surface area contributed by atoms with E-state index in [1.54, 1.807) is 69.2 Å². The number of carbonyl (C=O) groups excluding carboxylic acids is 10. The topological polar surface area (TPSA) is 433 Å². The van der Waals surface area contributed by atoms with Crippen molar-refractivity contribution in [3.63, 3.8) is 0 Å². The molecule has 1 N–H and O–H groups in total. The number of likely N-dealkylation sites (tertiary alicyclic amines) is 5. The maximum Gasteiger partial charge on any atom is 0.509 e. The Morgan fingerprint density at radius 2 is 0.986 bits per heavy atom. The third-order valence-electron chi connectivity index (χ3n) is 26.2. The van der Waals surface area contributed by atoms with Gasteiger partial charge in [0.25, 0.3) is 17.0 Å². The first kappa shape index (κ1) is 112. The summed E-state index contributed by atoms with van der Waals surface area (Å²) in [6, 6.07) is 15.0. The molecule has 0 saturated carbocycles. The Morgan fingerprint density at radius 3 is 1.40 bits per heavy atom. The number of nitrogens with zero attached hydrogens (tertiary/aromatic N) is 10. The van der Waals surface area contributed by atoms with Crippen molar-refractivity contribution in [2.24, 2.45) is 4.99 Å². The minimum Gasteiger partial charge on any atom is -0.856 e. The molecular weight excluding hydrogens is 1830 g/mol. The first-order valence-corrected chi connectivity index (χ1v) is 46.5. The Bertz CT molecular complexity index is 5550. The quantitative estimate of drug-likeness (QED) is 0.0105. The van der Waals surface area contributed by atoms with Crippen LogP contribution in [0.2, 0.25) is 0 Å². The largest absolute Gasteiger partial charge is 0.856 e. The minimum absolute atomic E-state index is 0. The number of cyclic esters (lactones) is 2. The zero-order valence-corrected chi connectivity index (χ0v) is 76.8. The second-order valence-electron chi connectivity index (χ2n) is 34.2. The summed E-state index contributed by atoms with van der Waals surface area (Å²) >= 11 is 0. The van der Waals surface area contributed by atoms with Crippen molar-refractivity contribution in [3.05, 3.63) is 114 Å². The lowest BCUT2D eigenvalue weighted by molar-refractivity contribution is -0.263. The highest BCUT2D eigenvalue weighted by Gasteiger charge is 2.53. The van der Waals surface area contributed by atoms with Gasteiger partial charge in [-0.3, -0.25) is 33.8 Å². The summed E-state index contributed by atoms with van der Waals surface area (Å²) in [6.07, 6.45) is 4.14. The molecule has 140 heavy (non-hydrogen) atoms. The number of esters is 2. The number of ether oxygens (including phenoxy) is 14. The van der Waals surface area contributed by atoms with Crippen molar-refractivity contribution in [1.29, 1.82) is 0 Å². The fourth-order valence-electron chi connectivity index (χ4n) is 18.9. The maximum atomic E-state index is 14.2. The lowest BCUT2D eigenvalue weighted by Crippen LogP contribution is -2.48. The Morgan fingerprint density at radius 1 is 0.543 bits per heavy atom. The number of aromatic nitrogens is 4. The van der Waals surface area contributed by atoms with Gasteiger partial charge in [0.1, 0.15) is 57.2 Å². The van der Waals surface area contributed by atoms with Gasteiger partial charge in [0.2, 0.25) is 28.9 Å². The summed E-state index contributed by atoms with van der Waals surface area (Å²) in [5.41, 5.74) is 2.70. The van der Waals surface area contributed by atoms with E-state index in [0.29, 0.717) is 128 Å². The molecule has 0 spiro atoms. The van der Waals surface area contributed by atoms with Crippen LogP contribution >= 0.6 is 0 Å². The molecule has 6 amide bonds. The van der Waals surface area contributed by atoms with Gasteiger partial charge in [-0.25, -0.2) is 43.6 Å². The molecule has 6 aromatic rings. The van der Waals surface area contributed by atoms with Crippen molar-refractivity contribution in [2.75, 3.05) is 145 Å². The smallest absolute Gasteiger partial charge is 0.509 e. The van der Waals surface area contributed by atoms with Gasteiger partial charge >= 0.3 is 42.6 Å². The molecule has 770 valence electrons. The third-order valence-corrected chi connectivity index (χ3v) is 26.2. The third kappa shape index (κ3) is 25.3. The van der Waals surface area contributed by atoms with E-state index in [1.807, 2.05) is 39.8 Å². The summed E-state index contributed by atoms with van der Waals surface area (Å²) in [5.74, 6) is -4.87. The van der Waals surface area contributed by atoms with Gasteiger partial charge in [-0.15, -0.1) is 0 Å². The van der Waals surface area contributed by atoms with Gasteiger partial charge in [-0.05, 0) is 177 Å². The number of piperidine rings is 4. The lowest BCUT2D eigenvalue weighted by atomic mass is 9.85. The maximum absolute atomic E-state index is 14.2. The van der Waals surface area contributed by atoms with Crippen LogP contribution in [0.15, 0.2) is 63.1 Å². The molecule has 41 heteroatoms. The predicted octanol–water partition coefficient (Wildman–Crippen LogP) is 11.7. The average molecular weight is 1970 g/mol. The van der Waals surface area contributed by atoms with E-state index < -0.39 is 90.1 Å². The highest BCUT2D eigenvalue weighted by atomic mass is 19.4. The van der Waals surface area contributed by atoms with E-state index in [2.05, 4.69) is 20.1 Å². The second-order valence-corrected chi connectivity index (χ2v) is 34.2. The van der Waals surface area contributed by atoms with Crippen LogP contribution in [0.3, 0.4) is 0 Å². The number of pyridine rings is 4. The number of rotatable bonds is 31. The summed E-state index contributed by atoms with van der Waals surface area (Å²) in [4.78, 5) is 176. The number of hydrogen-bond donors (Lipinski definition) is 1. The number of fused-ring (bicyclic) bond motifs is 10. The van der Waals surface area contributed by atoms with Crippen LogP contribution < -0.4 is 31.0 Å². The normalized spacial score (nSPS) is 19.9. The van der Waals surface area contributed by atoms with Gasteiger partial charge < -0.3 is 105 Å². The zero-order valence-electron chi connectivity index (χ0n) is 76.8. The monoisotopic (exact) mass is 1970 g/mol.